The van der Waals surface area contributed by atoms with Crippen molar-refractivity contribution >= 4 is 14.3 Å². The molecule has 0 aromatic heterocycles. The minimum atomic E-state index is -1.74. The Balaban J connectivity index is 2.65. The molecular formula is C16H30O3Si. The van der Waals surface area contributed by atoms with Gasteiger partial charge in [-0.1, -0.05) is 40.7 Å². The largest absolute Gasteiger partial charge is 0.458 e. The van der Waals surface area contributed by atoms with E-state index in [1.54, 1.807) is 0 Å². The Hall–Kier alpha value is -0.613. The monoisotopic (exact) mass is 298 g/mol. The molecule has 20 heavy (non-hydrogen) atoms. The van der Waals surface area contributed by atoms with Gasteiger partial charge >= 0.3 is 5.97 Å². The Morgan fingerprint density at radius 2 is 1.95 bits per heavy atom. The molecule has 3 nitrogen and oxygen atoms in total. The van der Waals surface area contributed by atoms with Crippen LogP contribution in [0.1, 0.15) is 41.5 Å². The first-order valence-electron chi connectivity index (χ1n) is 7.49. The van der Waals surface area contributed by atoms with Crippen molar-refractivity contribution < 1.29 is 14.0 Å². The van der Waals surface area contributed by atoms with E-state index in [4.69, 9.17) is 9.16 Å². The van der Waals surface area contributed by atoms with Gasteiger partial charge in [0.15, 0.2) is 8.32 Å². The van der Waals surface area contributed by atoms with Crippen LogP contribution >= 0.6 is 0 Å². The van der Waals surface area contributed by atoms with Gasteiger partial charge in [-0.25, -0.2) is 4.79 Å². The molecule has 1 rings (SSSR count). The van der Waals surface area contributed by atoms with E-state index < -0.39 is 8.32 Å². The van der Waals surface area contributed by atoms with E-state index in [-0.39, 0.29) is 28.9 Å². The van der Waals surface area contributed by atoms with E-state index >= 15 is 0 Å². The Bertz CT molecular complexity index is 393. The molecule has 0 fully saturated rings. The number of hydrogen-bond acceptors (Lipinski definition) is 3. The normalized spacial score (nSPS) is 26.0. The number of rotatable bonds is 4. The Morgan fingerprint density at radius 3 is 2.45 bits per heavy atom. The van der Waals surface area contributed by atoms with Gasteiger partial charge in [0, 0.05) is 24.0 Å². The summed E-state index contributed by atoms with van der Waals surface area (Å²) >= 11 is 0. The van der Waals surface area contributed by atoms with Crippen LogP contribution in [0.5, 0.6) is 0 Å². The standard InChI is InChI=1S/C16H30O3Si/c1-11-9-12(2)15(17)19-14(11)13(3)10-18-20(7,8)16(4,5)6/h9,11,13-14H,10H2,1-8H3/t11-,13-,14-/m0/s1. The average Bonchev–Trinajstić information content (AvgIpc) is 2.29. The second-order valence-electron chi connectivity index (χ2n) is 7.63. The third kappa shape index (κ3) is 3.95. The summed E-state index contributed by atoms with van der Waals surface area (Å²) in [6, 6.07) is 0. The first-order chi connectivity index (χ1) is 8.95. The molecule has 1 aliphatic heterocycles. The number of esters is 1. The highest BCUT2D eigenvalue weighted by atomic mass is 28.4. The summed E-state index contributed by atoms with van der Waals surface area (Å²) in [5.41, 5.74) is 0.714. The van der Waals surface area contributed by atoms with E-state index in [2.05, 4.69) is 47.7 Å². The molecule has 0 bridgehead atoms. The third-order valence-electron chi connectivity index (χ3n) is 4.67. The highest BCUT2D eigenvalue weighted by Gasteiger charge is 2.39. The van der Waals surface area contributed by atoms with E-state index in [0.717, 1.165) is 0 Å². The fourth-order valence-corrected chi connectivity index (χ4v) is 3.28. The minimum absolute atomic E-state index is 0.0732. The maximum absolute atomic E-state index is 11.7. The van der Waals surface area contributed by atoms with Crippen LogP contribution in [0.2, 0.25) is 18.1 Å². The summed E-state index contributed by atoms with van der Waals surface area (Å²) < 4.78 is 11.8. The van der Waals surface area contributed by atoms with Gasteiger partial charge < -0.3 is 9.16 Å². The SMILES string of the molecule is CC1=C[C@H](C)[C@@H]([C@@H](C)CO[Si](C)(C)C(C)(C)C)OC1=O. The summed E-state index contributed by atoms with van der Waals surface area (Å²) in [5, 5.41) is 0.206. The smallest absolute Gasteiger partial charge is 0.333 e. The van der Waals surface area contributed by atoms with Crippen molar-refractivity contribution in [3.05, 3.63) is 11.6 Å². The predicted octanol–water partition coefficient (Wildman–Crippen LogP) is 4.15. The van der Waals surface area contributed by atoms with Crippen molar-refractivity contribution in [3.63, 3.8) is 0 Å². The van der Waals surface area contributed by atoms with Crippen LogP contribution in [0.15, 0.2) is 11.6 Å². The Labute approximate surface area is 124 Å². The van der Waals surface area contributed by atoms with Crippen LogP contribution in [-0.4, -0.2) is 27.0 Å². The predicted molar refractivity (Wildman–Crippen MR) is 85.1 cm³/mol. The first kappa shape index (κ1) is 17.4. The molecule has 0 unspecified atom stereocenters. The number of hydrogen-bond donors (Lipinski definition) is 0. The van der Waals surface area contributed by atoms with Crippen LogP contribution in [-0.2, 0) is 14.0 Å². The lowest BCUT2D eigenvalue weighted by atomic mass is 9.90. The molecule has 1 aliphatic rings. The number of cyclic esters (lactones) is 1. The highest BCUT2D eigenvalue weighted by molar-refractivity contribution is 6.74. The van der Waals surface area contributed by atoms with Crippen molar-refractivity contribution in [3.8, 4) is 0 Å². The van der Waals surface area contributed by atoms with Gasteiger partial charge in [-0.15, -0.1) is 0 Å². The number of carbonyl (C=O) groups excluding carboxylic acids is 1. The molecule has 0 saturated heterocycles. The molecule has 0 N–H and O–H groups in total. The quantitative estimate of drug-likeness (QED) is 0.577. The topological polar surface area (TPSA) is 35.5 Å². The first-order valence-corrected chi connectivity index (χ1v) is 10.4. The Kier molecular flexibility index (Phi) is 5.25. The van der Waals surface area contributed by atoms with Gasteiger partial charge in [-0.05, 0) is 25.1 Å². The lowest BCUT2D eigenvalue weighted by Crippen LogP contribution is -2.44. The van der Waals surface area contributed by atoms with E-state index in [1.165, 1.54) is 0 Å². The zero-order valence-corrected chi connectivity index (χ0v) is 15.2. The molecule has 0 radical (unpaired) electrons. The van der Waals surface area contributed by atoms with Crippen molar-refractivity contribution in [2.45, 2.75) is 65.8 Å². The summed E-state index contributed by atoms with van der Waals surface area (Å²) in [4.78, 5) is 11.7. The van der Waals surface area contributed by atoms with Crippen molar-refractivity contribution in [2.75, 3.05) is 6.61 Å². The summed E-state index contributed by atoms with van der Waals surface area (Å²) in [6.07, 6.45) is 1.94. The second kappa shape index (κ2) is 6.02. The molecular weight excluding hydrogens is 268 g/mol. The molecule has 0 aromatic rings. The van der Waals surface area contributed by atoms with Crippen molar-refractivity contribution in [2.24, 2.45) is 11.8 Å². The zero-order valence-electron chi connectivity index (χ0n) is 14.2. The van der Waals surface area contributed by atoms with Crippen molar-refractivity contribution in [1.29, 1.82) is 0 Å². The lowest BCUT2D eigenvalue weighted by Gasteiger charge is -2.38. The van der Waals surface area contributed by atoms with Crippen molar-refractivity contribution in [1.82, 2.24) is 0 Å². The highest BCUT2D eigenvalue weighted by Crippen LogP contribution is 2.37. The molecule has 0 aliphatic carbocycles. The second-order valence-corrected chi connectivity index (χ2v) is 12.4. The van der Waals surface area contributed by atoms with Crippen LogP contribution in [0.4, 0.5) is 0 Å². The summed E-state index contributed by atoms with van der Waals surface area (Å²) in [6.45, 7) is 17.9. The van der Waals surface area contributed by atoms with Crippen LogP contribution < -0.4 is 0 Å². The minimum Gasteiger partial charge on any atom is -0.458 e. The van der Waals surface area contributed by atoms with E-state index in [9.17, 15) is 4.79 Å². The fourth-order valence-electron chi connectivity index (χ4n) is 2.17. The van der Waals surface area contributed by atoms with Gasteiger partial charge in [0.05, 0.1) is 0 Å². The molecule has 4 heteroatoms. The molecule has 0 amide bonds. The van der Waals surface area contributed by atoms with Gasteiger partial charge in [-0.3, -0.25) is 0 Å². The molecule has 0 spiro atoms. The molecule has 1 heterocycles. The van der Waals surface area contributed by atoms with Gasteiger partial charge in [0.2, 0.25) is 0 Å². The maximum atomic E-state index is 11.7. The number of carbonyl (C=O) groups is 1. The average molecular weight is 298 g/mol. The fraction of sp³-hybridized carbons (Fsp3) is 0.812. The van der Waals surface area contributed by atoms with E-state index in [0.29, 0.717) is 12.2 Å². The molecule has 116 valence electrons. The van der Waals surface area contributed by atoms with Gasteiger partial charge in [0.1, 0.15) is 6.10 Å². The maximum Gasteiger partial charge on any atom is 0.333 e. The third-order valence-corrected chi connectivity index (χ3v) is 9.17. The van der Waals surface area contributed by atoms with E-state index in [1.807, 2.05) is 13.0 Å². The van der Waals surface area contributed by atoms with Crippen LogP contribution in [0.25, 0.3) is 0 Å². The summed E-state index contributed by atoms with van der Waals surface area (Å²) in [7, 11) is -1.74. The van der Waals surface area contributed by atoms with Gasteiger partial charge in [-0.2, -0.15) is 0 Å². The molecule has 0 aromatic carbocycles. The van der Waals surface area contributed by atoms with Gasteiger partial charge in [0.25, 0.3) is 0 Å². The number of ether oxygens (including phenoxy) is 1. The van der Waals surface area contributed by atoms with Crippen LogP contribution in [0, 0.1) is 11.8 Å². The lowest BCUT2D eigenvalue weighted by molar-refractivity contribution is -0.151. The van der Waals surface area contributed by atoms with Crippen LogP contribution in [0.3, 0.4) is 0 Å². The molecule has 3 atom stereocenters. The Morgan fingerprint density at radius 1 is 1.40 bits per heavy atom. The summed E-state index contributed by atoms with van der Waals surface area (Å²) in [5.74, 6) is 0.283. The molecule has 0 saturated carbocycles. The zero-order chi connectivity index (χ0) is 15.7.